The monoisotopic (exact) mass is 440 g/mol. The number of rotatable bonds is 7. The number of hydrogen-bond acceptors (Lipinski definition) is 5. The van der Waals surface area contributed by atoms with Crippen LogP contribution in [0.15, 0.2) is 85.1 Å². The van der Waals surface area contributed by atoms with E-state index in [2.05, 4.69) is 10.3 Å². The minimum absolute atomic E-state index is 0.125. The van der Waals surface area contributed by atoms with Crippen LogP contribution in [0.1, 0.15) is 15.9 Å². The highest BCUT2D eigenvalue weighted by Gasteiger charge is 2.21. The van der Waals surface area contributed by atoms with Crippen molar-refractivity contribution < 1.29 is 14.3 Å². The maximum absolute atomic E-state index is 13.5. The molecule has 3 aromatic carbocycles. The van der Waals surface area contributed by atoms with Gasteiger partial charge >= 0.3 is 0 Å². The Hall–Kier alpha value is -4.39. The predicted molar refractivity (Wildman–Crippen MR) is 129 cm³/mol. The molecule has 0 bridgehead atoms. The van der Waals surface area contributed by atoms with Gasteiger partial charge in [-0.3, -0.25) is 14.5 Å². The molecule has 0 aliphatic rings. The Morgan fingerprint density at radius 2 is 1.76 bits per heavy atom. The molecular weight excluding hydrogens is 416 g/mol. The van der Waals surface area contributed by atoms with Gasteiger partial charge in [0, 0.05) is 29.4 Å². The average Bonchev–Trinajstić information content (AvgIpc) is 2.86. The molecule has 0 saturated heterocycles. The van der Waals surface area contributed by atoms with Crippen LogP contribution in [-0.2, 0) is 11.3 Å². The number of para-hydroxylation sites is 1. The smallest absolute Gasteiger partial charge is 0.258 e. The van der Waals surface area contributed by atoms with E-state index in [0.29, 0.717) is 29.0 Å². The van der Waals surface area contributed by atoms with Gasteiger partial charge in [0.05, 0.1) is 7.11 Å². The van der Waals surface area contributed by atoms with Gasteiger partial charge in [-0.25, -0.2) is 4.98 Å². The van der Waals surface area contributed by atoms with E-state index in [1.165, 1.54) is 4.90 Å². The van der Waals surface area contributed by atoms with Crippen molar-refractivity contribution in [2.24, 2.45) is 0 Å². The Bertz CT molecular complexity index is 1270. The number of carbonyl (C=O) groups excluding carboxylic acids is 2. The van der Waals surface area contributed by atoms with Crippen LogP contribution in [0.4, 0.5) is 11.5 Å². The Balaban J connectivity index is 1.54. The number of methoxy groups -OCH3 is 1. The number of pyridine rings is 1. The number of ether oxygens (including phenoxy) is 1. The molecule has 166 valence electrons. The Morgan fingerprint density at radius 3 is 2.48 bits per heavy atom. The maximum atomic E-state index is 13.5. The summed E-state index contributed by atoms with van der Waals surface area (Å²) in [5, 5.41) is 4.46. The molecule has 3 N–H and O–H groups in total. The van der Waals surface area contributed by atoms with Crippen molar-refractivity contribution >= 4 is 34.1 Å². The molecule has 4 rings (SSSR count). The molecule has 1 aromatic heterocycles. The molecule has 0 atom stereocenters. The standard InChI is InChI=1S/C26H24N4O3/c1-33-22-11-7-18(8-12-22)16-29-24(31)17-30(21-5-3-2-4-6-21)26(32)20-10-9-19-13-14-28-25(27)23(19)15-20/h2-15H,16-17H2,1H3,(H2,27,28)(H,29,31). The molecule has 0 aliphatic carbocycles. The first-order chi connectivity index (χ1) is 16.0. The van der Waals surface area contributed by atoms with E-state index in [1.54, 1.807) is 37.6 Å². The van der Waals surface area contributed by atoms with E-state index < -0.39 is 0 Å². The lowest BCUT2D eigenvalue weighted by Gasteiger charge is -2.23. The third kappa shape index (κ3) is 5.10. The Labute approximate surface area is 191 Å². The summed E-state index contributed by atoms with van der Waals surface area (Å²) in [6, 6.07) is 23.6. The van der Waals surface area contributed by atoms with Gasteiger partial charge in [-0.05, 0) is 53.4 Å². The van der Waals surface area contributed by atoms with Crippen molar-refractivity contribution in [2.75, 3.05) is 24.3 Å². The second-order valence-electron chi connectivity index (χ2n) is 7.48. The molecule has 4 aromatic rings. The molecule has 0 radical (unpaired) electrons. The summed E-state index contributed by atoms with van der Waals surface area (Å²) in [5.74, 6) is 0.527. The lowest BCUT2D eigenvalue weighted by atomic mass is 10.1. The summed E-state index contributed by atoms with van der Waals surface area (Å²) in [4.78, 5) is 31.8. The van der Waals surface area contributed by atoms with Crippen LogP contribution in [0, 0.1) is 0 Å². The first kappa shape index (κ1) is 21.8. The number of carbonyl (C=O) groups is 2. The highest BCUT2D eigenvalue weighted by molar-refractivity contribution is 6.10. The normalized spacial score (nSPS) is 10.6. The minimum atomic E-state index is -0.300. The molecular formula is C26H24N4O3. The number of benzene rings is 3. The van der Waals surface area contributed by atoms with E-state index in [0.717, 1.165) is 16.7 Å². The van der Waals surface area contributed by atoms with E-state index in [9.17, 15) is 9.59 Å². The van der Waals surface area contributed by atoms with Crippen LogP contribution in [-0.4, -0.2) is 30.5 Å². The molecule has 2 amide bonds. The molecule has 0 fully saturated rings. The third-order valence-electron chi connectivity index (χ3n) is 5.31. The second kappa shape index (κ2) is 9.82. The summed E-state index contributed by atoms with van der Waals surface area (Å²) >= 11 is 0. The van der Waals surface area contributed by atoms with Crippen molar-refractivity contribution in [3.05, 3.63) is 96.2 Å². The molecule has 0 unspecified atom stereocenters. The summed E-state index contributed by atoms with van der Waals surface area (Å²) in [7, 11) is 1.60. The summed E-state index contributed by atoms with van der Waals surface area (Å²) < 4.78 is 5.16. The van der Waals surface area contributed by atoms with Crippen LogP contribution >= 0.6 is 0 Å². The first-order valence-corrected chi connectivity index (χ1v) is 10.5. The lowest BCUT2D eigenvalue weighted by Crippen LogP contribution is -2.40. The topological polar surface area (TPSA) is 97.5 Å². The van der Waals surface area contributed by atoms with Crippen LogP contribution in [0.25, 0.3) is 10.8 Å². The highest BCUT2D eigenvalue weighted by Crippen LogP contribution is 2.23. The quantitative estimate of drug-likeness (QED) is 0.456. The Kier molecular flexibility index (Phi) is 6.50. The fourth-order valence-electron chi connectivity index (χ4n) is 3.51. The molecule has 33 heavy (non-hydrogen) atoms. The van der Waals surface area contributed by atoms with Gasteiger partial charge in [0.25, 0.3) is 5.91 Å². The largest absolute Gasteiger partial charge is 0.497 e. The summed E-state index contributed by atoms with van der Waals surface area (Å²) in [6.07, 6.45) is 1.63. The lowest BCUT2D eigenvalue weighted by molar-refractivity contribution is -0.119. The fourth-order valence-corrected chi connectivity index (χ4v) is 3.51. The molecule has 7 heteroatoms. The van der Waals surface area contributed by atoms with Gasteiger partial charge in [0.15, 0.2) is 0 Å². The molecule has 7 nitrogen and oxygen atoms in total. The van der Waals surface area contributed by atoms with Crippen LogP contribution in [0.3, 0.4) is 0 Å². The number of hydrogen-bond donors (Lipinski definition) is 2. The van der Waals surface area contributed by atoms with Crippen molar-refractivity contribution in [1.29, 1.82) is 0 Å². The Morgan fingerprint density at radius 1 is 1.00 bits per heavy atom. The second-order valence-corrected chi connectivity index (χ2v) is 7.48. The first-order valence-electron chi connectivity index (χ1n) is 10.5. The van der Waals surface area contributed by atoms with E-state index in [4.69, 9.17) is 10.5 Å². The van der Waals surface area contributed by atoms with E-state index >= 15 is 0 Å². The predicted octanol–water partition coefficient (Wildman–Crippen LogP) is 3.79. The van der Waals surface area contributed by atoms with Crippen molar-refractivity contribution in [3.8, 4) is 5.75 Å². The van der Waals surface area contributed by atoms with Gasteiger partial charge in [0.2, 0.25) is 5.91 Å². The summed E-state index contributed by atoms with van der Waals surface area (Å²) in [5.41, 5.74) is 7.98. The number of nitrogens with zero attached hydrogens (tertiary/aromatic N) is 2. The SMILES string of the molecule is COc1ccc(CNC(=O)CN(C(=O)c2ccc3ccnc(N)c3c2)c2ccccc2)cc1. The number of nitrogens with two attached hydrogens (primary N) is 1. The van der Waals surface area contributed by atoms with E-state index in [1.807, 2.05) is 54.6 Å². The minimum Gasteiger partial charge on any atom is -0.497 e. The van der Waals surface area contributed by atoms with Gasteiger partial charge in [-0.15, -0.1) is 0 Å². The fraction of sp³-hybridized carbons (Fsp3) is 0.115. The zero-order valence-electron chi connectivity index (χ0n) is 18.2. The molecule has 1 heterocycles. The van der Waals surface area contributed by atoms with E-state index in [-0.39, 0.29) is 18.4 Å². The van der Waals surface area contributed by atoms with Gasteiger partial charge in [-0.1, -0.05) is 36.4 Å². The van der Waals surface area contributed by atoms with Gasteiger partial charge in [-0.2, -0.15) is 0 Å². The van der Waals surface area contributed by atoms with Crippen LogP contribution in [0.2, 0.25) is 0 Å². The van der Waals surface area contributed by atoms with Crippen molar-refractivity contribution in [1.82, 2.24) is 10.3 Å². The zero-order valence-corrected chi connectivity index (χ0v) is 18.2. The third-order valence-corrected chi connectivity index (χ3v) is 5.31. The number of nitrogen functional groups attached to an aromatic ring is 1. The van der Waals surface area contributed by atoms with Crippen LogP contribution < -0.4 is 20.7 Å². The maximum Gasteiger partial charge on any atom is 0.258 e. The number of amides is 2. The van der Waals surface area contributed by atoms with Crippen LogP contribution in [0.5, 0.6) is 5.75 Å². The molecule has 0 saturated carbocycles. The number of anilines is 2. The van der Waals surface area contributed by atoms with Gasteiger partial charge in [0.1, 0.15) is 18.1 Å². The number of fused-ring (bicyclic) bond motifs is 1. The zero-order chi connectivity index (χ0) is 23.2. The number of aromatic nitrogens is 1. The molecule has 0 aliphatic heterocycles. The summed E-state index contributed by atoms with van der Waals surface area (Å²) in [6.45, 7) is 0.220. The van der Waals surface area contributed by atoms with Crippen molar-refractivity contribution in [3.63, 3.8) is 0 Å². The van der Waals surface area contributed by atoms with Gasteiger partial charge < -0.3 is 15.8 Å². The molecule has 0 spiro atoms. The number of nitrogens with one attached hydrogen (secondary N) is 1. The van der Waals surface area contributed by atoms with Crippen molar-refractivity contribution in [2.45, 2.75) is 6.54 Å². The average molecular weight is 441 g/mol. The highest BCUT2D eigenvalue weighted by atomic mass is 16.5.